The van der Waals surface area contributed by atoms with Gasteiger partial charge in [0, 0.05) is 13.2 Å². The Labute approximate surface area is 168 Å². The lowest BCUT2D eigenvalue weighted by molar-refractivity contribution is -0.150. The molecule has 1 atom stereocenters. The van der Waals surface area contributed by atoms with Gasteiger partial charge in [0.2, 0.25) is 0 Å². The zero-order valence-corrected chi connectivity index (χ0v) is 18.0. The highest BCUT2D eigenvalue weighted by atomic mass is 16.6. The Kier molecular flexibility index (Phi) is 13.8. The highest BCUT2D eigenvalue weighted by molar-refractivity contribution is 5.80. The summed E-state index contributed by atoms with van der Waals surface area (Å²) in [5.41, 5.74) is 4.55. The third kappa shape index (κ3) is 13.7. The fourth-order valence-corrected chi connectivity index (χ4v) is 2.03. The van der Waals surface area contributed by atoms with Crippen molar-refractivity contribution in [1.82, 2.24) is 5.32 Å². The van der Waals surface area contributed by atoms with E-state index in [0.29, 0.717) is 65.6 Å². The van der Waals surface area contributed by atoms with E-state index in [-0.39, 0.29) is 0 Å². The monoisotopic (exact) mass is 406 g/mol. The molecule has 0 fully saturated rings. The van der Waals surface area contributed by atoms with Crippen molar-refractivity contribution in [2.75, 3.05) is 52.8 Å². The van der Waals surface area contributed by atoms with E-state index >= 15 is 0 Å². The summed E-state index contributed by atoms with van der Waals surface area (Å²) in [5.74, 6) is -0.393. The largest absolute Gasteiger partial charge is 0.465 e. The van der Waals surface area contributed by atoms with E-state index in [1.54, 1.807) is 27.7 Å². The molecule has 0 heterocycles. The molecule has 0 bridgehead atoms. The van der Waals surface area contributed by atoms with Crippen molar-refractivity contribution < 1.29 is 33.3 Å². The number of nitrogens with one attached hydrogen (secondary N) is 1. The van der Waals surface area contributed by atoms with Gasteiger partial charge in [-0.25, -0.2) is 4.79 Å². The van der Waals surface area contributed by atoms with Crippen LogP contribution in [-0.4, -0.2) is 76.0 Å². The first kappa shape index (κ1) is 26.6. The summed E-state index contributed by atoms with van der Waals surface area (Å²) in [6, 6.07) is 0. The second kappa shape index (κ2) is 14.6. The maximum Gasteiger partial charge on any atom is 0.407 e. The number of esters is 1. The number of carbonyl (C=O) groups is 2. The van der Waals surface area contributed by atoms with E-state index in [1.807, 2.05) is 6.92 Å². The van der Waals surface area contributed by atoms with Crippen LogP contribution < -0.4 is 11.1 Å². The standard InChI is InChI=1S/C19H38N2O7/c1-6-19(20,16(22)27-7-2)8-10-24-12-14-26-15-13-25-11-9-21-17(23)28-18(3,4)5/h6-15,20H2,1-5H3,(H,21,23). The Morgan fingerprint density at radius 2 is 1.43 bits per heavy atom. The Morgan fingerprint density at radius 3 is 1.93 bits per heavy atom. The molecule has 0 rings (SSSR count). The van der Waals surface area contributed by atoms with E-state index in [4.69, 9.17) is 29.4 Å². The number of ether oxygens (including phenoxy) is 5. The molecule has 0 saturated heterocycles. The summed E-state index contributed by atoms with van der Waals surface area (Å²) in [7, 11) is 0. The molecular weight excluding hydrogens is 368 g/mol. The summed E-state index contributed by atoms with van der Waals surface area (Å²) in [6.07, 6.45) is 0.430. The average Bonchev–Trinajstić information content (AvgIpc) is 2.61. The minimum absolute atomic E-state index is 0.311. The molecular formula is C19H38N2O7. The Morgan fingerprint density at radius 1 is 0.893 bits per heavy atom. The summed E-state index contributed by atoms with van der Waals surface area (Å²) < 4.78 is 26.3. The number of alkyl carbamates (subject to hydrolysis) is 1. The Hall–Kier alpha value is -1.42. The summed E-state index contributed by atoms with van der Waals surface area (Å²) in [4.78, 5) is 23.2. The zero-order valence-electron chi connectivity index (χ0n) is 18.0. The quantitative estimate of drug-likeness (QED) is 0.311. The molecule has 0 spiro atoms. The van der Waals surface area contributed by atoms with E-state index in [2.05, 4.69) is 5.32 Å². The van der Waals surface area contributed by atoms with Crippen LogP contribution in [0, 0.1) is 0 Å². The molecule has 0 aliphatic rings. The first-order chi connectivity index (χ1) is 13.1. The first-order valence-corrected chi connectivity index (χ1v) is 9.80. The summed E-state index contributed by atoms with van der Waals surface area (Å²) in [5, 5.41) is 2.61. The Balaban J connectivity index is 3.53. The number of amides is 1. The molecule has 0 saturated carbocycles. The van der Waals surface area contributed by atoms with E-state index in [0.717, 1.165) is 0 Å². The molecule has 1 amide bonds. The Bertz CT molecular complexity index is 440. The minimum Gasteiger partial charge on any atom is -0.465 e. The van der Waals surface area contributed by atoms with E-state index in [1.165, 1.54) is 0 Å². The second-order valence-corrected chi connectivity index (χ2v) is 7.25. The number of rotatable bonds is 15. The average molecular weight is 407 g/mol. The van der Waals surface area contributed by atoms with Crippen molar-refractivity contribution in [2.24, 2.45) is 5.73 Å². The molecule has 0 aliphatic heterocycles. The number of hydrogen-bond acceptors (Lipinski definition) is 8. The number of hydrogen-bond donors (Lipinski definition) is 2. The van der Waals surface area contributed by atoms with Crippen LogP contribution in [0.4, 0.5) is 4.79 Å². The maximum absolute atomic E-state index is 11.8. The van der Waals surface area contributed by atoms with Crippen molar-refractivity contribution >= 4 is 12.1 Å². The molecule has 166 valence electrons. The van der Waals surface area contributed by atoms with Gasteiger partial charge in [-0.1, -0.05) is 6.92 Å². The number of nitrogens with two attached hydrogens (primary N) is 1. The van der Waals surface area contributed by atoms with Crippen LogP contribution in [0.3, 0.4) is 0 Å². The predicted molar refractivity (Wildman–Crippen MR) is 105 cm³/mol. The lowest BCUT2D eigenvalue weighted by atomic mass is 9.94. The SMILES string of the molecule is CCOC(=O)C(N)(CC)CCOCCOCCOCCNC(=O)OC(C)(C)C. The molecule has 9 nitrogen and oxygen atoms in total. The summed E-state index contributed by atoms with van der Waals surface area (Å²) >= 11 is 0. The molecule has 3 N–H and O–H groups in total. The van der Waals surface area contributed by atoms with Crippen LogP contribution in [0.25, 0.3) is 0 Å². The molecule has 0 radical (unpaired) electrons. The highest BCUT2D eigenvalue weighted by Gasteiger charge is 2.33. The smallest absolute Gasteiger partial charge is 0.407 e. The van der Waals surface area contributed by atoms with Crippen molar-refractivity contribution in [2.45, 2.75) is 58.6 Å². The van der Waals surface area contributed by atoms with Crippen LogP contribution in [0.1, 0.15) is 47.5 Å². The van der Waals surface area contributed by atoms with E-state index in [9.17, 15) is 9.59 Å². The molecule has 0 aromatic heterocycles. The van der Waals surface area contributed by atoms with Crippen LogP contribution in [0.15, 0.2) is 0 Å². The van der Waals surface area contributed by atoms with Crippen molar-refractivity contribution in [1.29, 1.82) is 0 Å². The van der Waals surface area contributed by atoms with Gasteiger partial charge in [0.25, 0.3) is 0 Å². The van der Waals surface area contributed by atoms with Gasteiger partial charge in [0.05, 0.1) is 39.6 Å². The third-order valence-electron chi connectivity index (χ3n) is 3.66. The van der Waals surface area contributed by atoms with Gasteiger partial charge in [-0.3, -0.25) is 4.79 Å². The van der Waals surface area contributed by atoms with Crippen LogP contribution in [-0.2, 0) is 28.5 Å². The van der Waals surface area contributed by atoms with Gasteiger partial charge in [0.15, 0.2) is 0 Å². The predicted octanol–water partition coefficient (Wildman–Crippen LogP) is 1.62. The molecule has 0 aromatic carbocycles. The fourth-order valence-electron chi connectivity index (χ4n) is 2.03. The second-order valence-electron chi connectivity index (χ2n) is 7.25. The van der Waals surface area contributed by atoms with Gasteiger partial charge in [-0.05, 0) is 40.5 Å². The van der Waals surface area contributed by atoms with E-state index < -0.39 is 23.2 Å². The molecule has 0 aliphatic carbocycles. The number of carbonyl (C=O) groups excluding carboxylic acids is 2. The molecule has 9 heteroatoms. The van der Waals surface area contributed by atoms with Gasteiger partial charge in [0.1, 0.15) is 11.1 Å². The zero-order chi connectivity index (χ0) is 21.5. The molecule has 1 unspecified atom stereocenters. The lowest BCUT2D eigenvalue weighted by Gasteiger charge is -2.25. The lowest BCUT2D eigenvalue weighted by Crippen LogP contribution is -2.49. The van der Waals surface area contributed by atoms with Crippen molar-refractivity contribution in [3.63, 3.8) is 0 Å². The van der Waals surface area contributed by atoms with Crippen LogP contribution in [0.2, 0.25) is 0 Å². The van der Waals surface area contributed by atoms with Crippen LogP contribution in [0.5, 0.6) is 0 Å². The van der Waals surface area contributed by atoms with Crippen LogP contribution >= 0.6 is 0 Å². The highest BCUT2D eigenvalue weighted by Crippen LogP contribution is 2.14. The van der Waals surface area contributed by atoms with Gasteiger partial charge >= 0.3 is 12.1 Å². The summed E-state index contributed by atoms with van der Waals surface area (Å²) in [6.45, 7) is 12.1. The van der Waals surface area contributed by atoms with Crippen molar-refractivity contribution in [3.05, 3.63) is 0 Å². The van der Waals surface area contributed by atoms with Gasteiger partial charge in [-0.2, -0.15) is 0 Å². The maximum atomic E-state index is 11.8. The fraction of sp³-hybridized carbons (Fsp3) is 0.895. The topological polar surface area (TPSA) is 118 Å². The third-order valence-corrected chi connectivity index (χ3v) is 3.66. The van der Waals surface area contributed by atoms with Gasteiger partial charge in [-0.15, -0.1) is 0 Å². The minimum atomic E-state index is -1.00. The molecule has 28 heavy (non-hydrogen) atoms. The molecule has 0 aromatic rings. The van der Waals surface area contributed by atoms with Crippen molar-refractivity contribution in [3.8, 4) is 0 Å². The normalized spacial score (nSPS) is 13.6. The van der Waals surface area contributed by atoms with Gasteiger partial charge < -0.3 is 34.7 Å². The first-order valence-electron chi connectivity index (χ1n) is 9.80.